The number of hydrogen-bond acceptors (Lipinski definition) is 3. The van der Waals surface area contributed by atoms with E-state index in [1.54, 1.807) is 0 Å². The number of carbonyl (C=O) groups excluding carboxylic acids is 1. The van der Waals surface area contributed by atoms with Gasteiger partial charge in [-0.2, -0.15) is 0 Å². The van der Waals surface area contributed by atoms with E-state index >= 15 is 0 Å². The Balaban J connectivity index is 1.40. The number of piperidine rings is 1. The van der Waals surface area contributed by atoms with Crippen LogP contribution in [0.25, 0.3) is 0 Å². The number of rotatable bonds is 5. The number of aldehydes is 1. The molecule has 158 valence electrons. The molecule has 1 heterocycles. The molecule has 5 rings (SSSR count). The Hall–Kier alpha value is -2.29. The summed E-state index contributed by atoms with van der Waals surface area (Å²) in [6, 6.07) is 15.2. The minimum atomic E-state index is 0.239. The predicted molar refractivity (Wildman–Crippen MR) is 121 cm³/mol. The van der Waals surface area contributed by atoms with Crippen molar-refractivity contribution in [3.8, 4) is 5.75 Å². The summed E-state index contributed by atoms with van der Waals surface area (Å²) in [5.74, 6) is 2.67. The average molecular weight is 404 g/mol. The Morgan fingerprint density at radius 2 is 1.73 bits per heavy atom. The number of benzene rings is 2. The van der Waals surface area contributed by atoms with E-state index < -0.39 is 0 Å². The lowest BCUT2D eigenvalue weighted by atomic mass is 9.66. The molecular formula is C27H33NO2. The molecule has 1 aliphatic heterocycles. The minimum absolute atomic E-state index is 0.239. The zero-order valence-corrected chi connectivity index (χ0v) is 17.8. The van der Waals surface area contributed by atoms with Crippen molar-refractivity contribution >= 4 is 12.0 Å². The summed E-state index contributed by atoms with van der Waals surface area (Å²) >= 11 is 0. The molecule has 2 aliphatic carbocycles. The molecule has 1 N–H and O–H groups in total. The van der Waals surface area contributed by atoms with E-state index in [1.165, 1.54) is 54.5 Å². The van der Waals surface area contributed by atoms with Crippen LogP contribution in [0.4, 0.5) is 5.69 Å². The fraction of sp³-hybridized carbons (Fsp3) is 0.519. The Morgan fingerprint density at radius 3 is 2.40 bits per heavy atom. The van der Waals surface area contributed by atoms with E-state index in [2.05, 4.69) is 35.2 Å². The molecule has 3 nitrogen and oxygen atoms in total. The Kier molecular flexibility index (Phi) is 5.54. The lowest BCUT2D eigenvalue weighted by molar-refractivity contribution is -0.111. The molecule has 3 heteroatoms. The quantitative estimate of drug-likeness (QED) is 0.652. The van der Waals surface area contributed by atoms with Crippen LogP contribution >= 0.6 is 0 Å². The number of phenolic OH excluding ortho intramolecular Hbond substituents is 1. The molecule has 0 aromatic heterocycles. The maximum absolute atomic E-state index is 11.0. The Morgan fingerprint density at radius 1 is 0.967 bits per heavy atom. The molecule has 0 bridgehead atoms. The molecule has 2 fully saturated rings. The van der Waals surface area contributed by atoms with Crippen molar-refractivity contribution in [3.05, 3.63) is 59.2 Å². The molecule has 2 aromatic carbocycles. The van der Waals surface area contributed by atoms with Crippen LogP contribution in [0.2, 0.25) is 0 Å². The maximum atomic E-state index is 11.0. The van der Waals surface area contributed by atoms with Crippen LogP contribution in [0.15, 0.2) is 42.5 Å². The normalized spacial score (nSPS) is 24.9. The lowest BCUT2D eigenvalue weighted by Gasteiger charge is -2.38. The monoisotopic (exact) mass is 403 g/mol. The molecule has 0 radical (unpaired) electrons. The molecule has 0 unspecified atom stereocenters. The topological polar surface area (TPSA) is 40.5 Å². The van der Waals surface area contributed by atoms with E-state index in [0.717, 1.165) is 44.6 Å². The zero-order valence-electron chi connectivity index (χ0n) is 17.8. The molecule has 2 aromatic rings. The van der Waals surface area contributed by atoms with E-state index in [9.17, 15) is 9.90 Å². The summed E-state index contributed by atoms with van der Waals surface area (Å²) in [4.78, 5) is 13.5. The highest BCUT2D eigenvalue weighted by atomic mass is 16.3. The molecule has 3 aliphatic rings. The first-order valence-electron chi connectivity index (χ1n) is 11.8. The summed E-state index contributed by atoms with van der Waals surface area (Å²) in [5.41, 5.74) is 5.44. The van der Waals surface area contributed by atoms with Crippen molar-refractivity contribution < 1.29 is 9.90 Å². The third-order valence-electron chi connectivity index (χ3n) is 7.93. The largest absolute Gasteiger partial charge is 0.508 e. The van der Waals surface area contributed by atoms with Gasteiger partial charge >= 0.3 is 0 Å². The molecule has 30 heavy (non-hydrogen) atoms. The first-order valence-corrected chi connectivity index (χ1v) is 11.8. The number of aryl methyl sites for hydroxylation is 1. The second-order valence-electron chi connectivity index (χ2n) is 9.74. The predicted octanol–water partition coefficient (Wildman–Crippen LogP) is 5.69. The van der Waals surface area contributed by atoms with Crippen LogP contribution in [0, 0.1) is 17.8 Å². The molecule has 1 saturated carbocycles. The smallest absolute Gasteiger partial charge is 0.123 e. The number of fused-ring (bicyclic) bond motifs is 1. The summed E-state index contributed by atoms with van der Waals surface area (Å²) in [6.45, 7) is 1.94. The Bertz CT molecular complexity index is 878. The number of nitrogens with zero attached hydrogens (tertiary/aromatic N) is 1. The molecule has 2 atom stereocenters. The molecule has 0 spiro atoms. The van der Waals surface area contributed by atoms with E-state index in [4.69, 9.17) is 0 Å². The van der Waals surface area contributed by atoms with Gasteiger partial charge in [-0.1, -0.05) is 37.5 Å². The zero-order chi connectivity index (χ0) is 20.5. The third-order valence-corrected chi connectivity index (χ3v) is 7.93. The lowest BCUT2D eigenvalue weighted by Crippen LogP contribution is -2.34. The number of hydrogen-bond donors (Lipinski definition) is 1. The first-order chi connectivity index (χ1) is 14.7. The van der Waals surface area contributed by atoms with Gasteiger partial charge in [0.05, 0.1) is 0 Å². The van der Waals surface area contributed by atoms with Gasteiger partial charge < -0.3 is 14.8 Å². The van der Waals surface area contributed by atoms with Gasteiger partial charge in [-0.3, -0.25) is 0 Å². The number of anilines is 1. The van der Waals surface area contributed by atoms with E-state index in [-0.39, 0.29) is 5.92 Å². The molecule has 0 amide bonds. The van der Waals surface area contributed by atoms with Crippen LogP contribution < -0.4 is 4.90 Å². The van der Waals surface area contributed by atoms with Gasteiger partial charge in [0.1, 0.15) is 12.0 Å². The van der Waals surface area contributed by atoms with Crippen LogP contribution in [-0.4, -0.2) is 24.5 Å². The highest BCUT2D eigenvalue weighted by molar-refractivity contribution is 5.56. The summed E-state index contributed by atoms with van der Waals surface area (Å²) in [5, 5.41) is 9.99. The van der Waals surface area contributed by atoms with E-state index in [1.807, 2.05) is 12.1 Å². The molecular weight excluding hydrogens is 370 g/mol. The maximum Gasteiger partial charge on any atom is 0.123 e. The van der Waals surface area contributed by atoms with Crippen molar-refractivity contribution in [1.82, 2.24) is 0 Å². The van der Waals surface area contributed by atoms with Gasteiger partial charge in [0, 0.05) is 30.6 Å². The summed E-state index contributed by atoms with van der Waals surface area (Å²) < 4.78 is 0. The van der Waals surface area contributed by atoms with Crippen molar-refractivity contribution in [3.63, 3.8) is 0 Å². The second kappa shape index (κ2) is 8.45. The minimum Gasteiger partial charge on any atom is -0.508 e. The van der Waals surface area contributed by atoms with Gasteiger partial charge in [0.25, 0.3) is 0 Å². The van der Waals surface area contributed by atoms with E-state index in [0.29, 0.717) is 17.6 Å². The number of aromatic hydroxyl groups is 1. The van der Waals surface area contributed by atoms with Crippen molar-refractivity contribution in [2.75, 3.05) is 18.0 Å². The van der Waals surface area contributed by atoms with Gasteiger partial charge in [0.2, 0.25) is 0 Å². The highest BCUT2D eigenvalue weighted by Gasteiger charge is 2.34. The van der Waals surface area contributed by atoms with Gasteiger partial charge in [-0.05, 0) is 84.9 Å². The van der Waals surface area contributed by atoms with Gasteiger partial charge in [-0.25, -0.2) is 0 Å². The van der Waals surface area contributed by atoms with Crippen LogP contribution in [0.3, 0.4) is 0 Å². The SMILES string of the molecule is O=CC1CCN(c2ccc([C@@H]3c4ccc(O)cc4CC[C@@H]3CC3CCC3)cc2)CC1. The van der Waals surface area contributed by atoms with Crippen LogP contribution in [0.5, 0.6) is 5.75 Å². The van der Waals surface area contributed by atoms with Gasteiger partial charge in [-0.15, -0.1) is 0 Å². The third kappa shape index (κ3) is 3.87. The second-order valence-corrected chi connectivity index (χ2v) is 9.74. The average Bonchev–Trinajstić information content (AvgIpc) is 2.76. The first kappa shape index (κ1) is 19.7. The number of phenols is 1. The van der Waals surface area contributed by atoms with Crippen molar-refractivity contribution in [2.24, 2.45) is 17.8 Å². The fourth-order valence-electron chi connectivity index (χ4n) is 5.92. The summed E-state index contributed by atoms with van der Waals surface area (Å²) in [7, 11) is 0. The van der Waals surface area contributed by atoms with Crippen LogP contribution in [0.1, 0.15) is 67.6 Å². The molecule has 1 saturated heterocycles. The standard InChI is InChI=1S/C27H33NO2/c29-18-20-12-14-28(15-13-20)24-8-6-21(7-9-24)27-23(16-19-2-1-3-19)5-4-22-17-25(30)10-11-26(22)27/h6-11,17-20,23,27,30H,1-5,12-16H2/t23-,27+/m1/s1. The highest BCUT2D eigenvalue weighted by Crippen LogP contribution is 2.47. The van der Waals surface area contributed by atoms with Crippen molar-refractivity contribution in [2.45, 2.75) is 57.3 Å². The van der Waals surface area contributed by atoms with Gasteiger partial charge in [0.15, 0.2) is 0 Å². The van der Waals surface area contributed by atoms with Crippen molar-refractivity contribution in [1.29, 1.82) is 0 Å². The fourth-order valence-corrected chi connectivity index (χ4v) is 5.92. The Labute approximate surface area is 180 Å². The number of carbonyl (C=O) groups is 1. The van der Waals surface area contributed by atoms with Crippen LogP contribution in [-0.2, 0) is 11.2 Å². The summed E-state index contributed by atoms with van der Waals surface area (Å²) in [6.07, 6.45) is 10.9.